The van der Waals surface area contributed by atoms with Crippen LogP contribution < -0.4 is 21.5 Å². The van der Waals surface area contributed by atoms with Gasteiger partial charge in [0.25, 0.3) is 0 Å². The quantitative estimate of drug-likeness (QED) is 0.531. The number of nitrogens with two attached hydrogens (primary N) is 1. The Bertz CT molecular complexity index is 410. The Kier molecular flexibility index (Phi) is 3.33. The third-order valence-electron chi connectivity index (χ3n) is 2.44. The van der Waals surface area contributed by atoms with Gasteiger partial charge in [0.05, 0.1) is 18.1 Å². The molecule has 0 fully saturated rings. The summed E-state index contributed by atoms with van der Waals surface area (Å²) in [6, 6.07) is 5.97. The van der Waals surface area contributed by atoms with E-state index >= 15 is 0 Å². The predicted molar refractivity (Wildman–Crippen MR) is 66.4 cm³/mol. The fourth-order valence-corrected chi connectivity index (χ4v) is 2.54. The van der Waals surface area contributed by atoms with Gasteiger partial charge in [-0.15, -0.1) is 11.8 Å². The SMILES string of the molecule is CNc1ccc2c(c1)N(CNN)C(=O)CS2. The van der Waals surface area contributed by atoms with E-state index in [4.69, 9.17) is 5.84 Å². The van der Waals surface area contributed by atoms with Crippen LogP contribution in [0.3, 0.4) is 0 Å². The Morgan fingerprint density at radius 3 is 3.06 bits per heavy atom. The zero-order chi connectivity index (χ0) is 11.5. The molecule has 4 N–H and O–H groups in total. The molecule has 1 aliphatic rings. The lowest BCUT2D eigenvalue weighted by Crippen LogP contribution is -2.44. The summed E-state index contributed by atoms with van der Waals surface area (Å²) < 4.78 is 0. The van der Waals surface area contributed by atoms with Crippen LogP contribution in [0, 0.1) is 0 Å². The summed E-state index contributed by atoms with van der Waals surface area (Å²) in [5.74, 6) is 5.82. The minimum absolute atomic E-state index is 0.0729. The maximum atomic E-state index is 11.7. The lowest BCUT2D eigenvalue weighted by molar-refractivity contribution is -0.116. The molecule has 0 bridgehead atoms. The van der Waals surface area contributed by atoms with Crippen LogP contribution in [0.15, 0.2) is 23.1 Å². The molecule has 0 saturated heterocycles. The van der Waals surface area contributed by atoms with Crippen LogP contribution in [0.4, 0.5) is 11.4 Å². The van der Waals surface area contributed by atoms with Crippen molar-refractivity contribution in [2.75, 3.05) is 29.7 Å². The molecule has 0 aliphatic carbocycles. The van der Waals surface area contributed by atoms with Crippen molar-refractivity contribution in [3.63, 3.8) is 0 Å². The first-order valence-electron chi connectivity index (χ1n) is 4.94. The molecule has 1 aromatic carbocycles. The van der Waals surface area contributed by atoms with Crippen molar-refractivity contribution in [2.45, 2.75) is 4.90 Å². The normalized spacial score (nSPS) is 14.9. The van der Waals surface area contributed by atoms with E-state index in [2.05, 4.69) is 10.7 Å². The number of anilines is 2. The molecule has 2 rings (SSSR count). The van der Waals surface area contributed by atoms with Crippen LogP contribution in [0.2, 0.25) is 0 Å². The van der Waals surface area contributed by atoms with Gasteiger partial charge >= 0.3 is 0 Å². The monoisotopic (exact) mass is 238 g/mol. The molecule has 0 spiro atoms. The molecule has 16 heavy (non-hydrogen) atoms. The molecule has 86 valence electrons. The maximum absolute atomic E-state index is 11.7. The van der Waals surface area contributed by atoms with E-state index in [1.807, 2.05) is 25.2 Å². The number of nitrogens with one attached hydrogen (secondary N) is 2. The highest BCUT2D eigenvalue weighted by Crippen LogP contribution is 2.36. The number of carbonyl (C=O) groups excluding carboxylic acids is 1. The number of hydrazine groups is 1. The predicted octanol–water partition coefficient (Wildman–Crippen LogP) is 0.588. The van der Waals surface area contributed by atoms with E-state index in [-0.39, 0.29) is 5.91 Å². The largest absolute Gasteiger partial charge is 0.388 e. The van der Waals surface area contributed by atoms with Gasteiger partial charge in [0.2, 0.25) is 5.91 Å². The first kappa shape index (κ1) is 11.3. The second-order valence-electron chi connectivity index (χ2n) is 3.41. The Balaban J connectivity index is 2.39. The molecule has 5 nitrogen and oxygen atoms in total. The number of hydrogen-bond donors (Lipinski definition) is 3. The van der Waals surface area contributed by atoms with E-state index < -0.39 is 0 Å². The van der Waals surface area contributed by atoms with Gasteiger partial charge in [-0.1, -0.05) is 0 Å². The maximum Gasteiger partial charge on any atom is 0.238 e. The highest BCUT2D eigenvalue weighted by Gasteiger charge is 2.24. The zero-order valence-electron chi connectivity index (χ0n) is 8.99. The molecule has 6 heteroatoms. The fraction of sp³-hybridized carbons (Fsp3) is 0.300. The number of hydrogen-bond acceptors (Lipinski definition) is 5. The Hall–Kier alpha value is -1.24. The number of amides is 1. The zero-order valence-corrected chi connectivity index (χ0v) is 9.80. The molecular weight excluding hydrogens is 224 g/mol. The number of rotatable bonds is 3. The summed E-state index contributed by atoms with van der Waals surface area (Å²) >= 11 is 1.56. The van der Waals surface area contributed by atoms with Crippen molar-refractivity contribution < 1.29 is 4.79 Å². The van der Waals surface area contributed by atoms with Gasteiger partial charge in [-0.2, -0.15) is 0 Å². The molecule has 1 amide bonds. The van der Waals surface area contributed by atoms with Crippen molar-refractivity contribution in [3.8, 4) is 0 Å². The molecule has 1 aromatic rings. The topological polar surface area (TPSA) is 70.4 Å². The van der Waals surface area contributed by atoms with Crippen LogP contribution in [0.25, 0.3) is 0 Å². The molecule has 0 unspecified atom stereocenters. The molecular formula is C10H14N4OS. The Labute approximate surface area is 98.3 Å². The van der Waals surface area contributed by atoms with E-state index in [0.717, 1.165) is 16.3 Å². The van der Waals surface area contributed by atoms with Crippen molar-refractivity contribution >= 4 is 29.0 Å². The lowest BCUT2D eigenvalue weighted by atomic mass is 10.2. The number of benzene rings is 1. The molecule has 1 heterocycles. The van der Waals surface area contributed by atoms with Gasteiger partial charge in [0.1, 0.15) is 0 Å². The summed E-state index contributed by atoms with van der Waals surface area (Å²) in [7, 11) is 1.85. The van der Waals surface area contributed by atoms with Gasteiger partial charge in [0, 0.05) is 17.6 Å². The number of carbonyl (C=O) groups is 1. The summed E-state index contributed by atoms with van der Waals surface area (Å²) in [6.45, 7) is 0.333. The van der Waals surface area contributed by atoms with E-state index in [1.54, 1.807) is 16.7 Å². The lowest BCUT2D eigenvalue weighted by Gasteiger charge is -2.28. The van der Waals surface area contributed by atoms with Crippen LogP contribution >= 0.6 is 11.8 Å². The highest BCUT2D eigenvalue weighted by molar-refractivity contribution is 8.00. The van der Waals surface area contributed by atoms with E-state index in [1.165, 1.54) is 0 Å². The van der Waals surface area contributed by atoms with Crippen molar-refractivity contribution in [1.29, 1.82) is 0 Å². The van der Waals surface area contributed by atoms with Gasteiger partial charge in [0.15, 0.2) is 0 Å². The highest BCUT2D eigenvalue weighted by atomic mass is 32.2. The summed E-state index contributed by atoms with van der Waals surface area (Å²) in [5, 5.41) is 3.06. The Morgan fingerprint density at radius 1 is 1.56 bits per heavy atom. The second-order valence-corrected chi connectivity index (χ2v) is 4.42. The van der Waals surface area contributed by atoms with Crippen molar-refractivity contribution in [1.82, 2.24) is 5.43 Å². The van der Waals surface area contributed by atoms with Gasteiger partial charge in [-0.25, -0.2) is 5.43 Å². The van der Waals surface area contributed by atoms with Gasteiger partial charge < -0.3 is 5.32 Å². The van der Waals surface area contributed by atoms with Crippen LogP contribution in [-0.4, -0.2) is 25.4 Å². The average molecular weight is 238 g/mol. The third kappa shape index (κ3) is 1.99. The molecule has 0 aromatic heterocycles. The minimum atomic E-state index is 0.0729. The number of thioether (sulfide) groups is 1. The van der Waals surface area contributed by atoms with Crippen molar-refractivity contribution in [3.05, 3.63) is 18.2 Å². The van der Waals surface area contributed by atoms with Crippen LogP contribution in [0.1, 0.15) is 0 Å². The van der Waals surface area contributed by atoms with E-state index in [0.29, 0.717) is 12.4 Å². The summed E-state index contributed by atoms with van der Waals surface area (Å²) in [5.41, 5.74) is 4.41. The van der Waals surface area contributed by atoms with Crippen LogP contribution in [0.5, 0.6) is 0 Å². The smallest absolute Gasteiger partial charge is 0.238 e. The standard InChI is InChI=1S/C10H14N4OS/c1-12-7-2-3-9-8(4-7)14(6-13-11)10(15)5-16-9/h2-4,12-13H,5-6,11H2,1H3. The number of nitrogens with zero attached hydrogens (tertiary/aromatic N) is 1. The third-order valence-corrected chi connectivity index (χ3v) is 3.49. The second kappa shape index (κ2) is 4.73. The molecule has 1 aliphatic heterocycles. The minimum Gasteiger partial charge on any atom is -0.388 e. The molecule has 0 saturated carbocycles. The van der Waals surface area contributed by atoms with Gasteiger partial charge in [-0.3, -0.25) is 15.5 Å². The van der Waals surface area contributed by atoms with E-state index in [9.17, 15) is 4.79 Å². The molecule has 0 atom stereocenters. The molecule has 0 radical (unpaired) electrons. The van der Waals surface area contributed by atoms with Crippen LogP contribution in [-0.2, 0) is 4.79 Å². The Morgan fingerprint density at radius 2 is 2.38 bits per heavy atom. The first-order chi connectivity index (χ1) is 7.76. The summed E-state index contributed by atoms with van der Waals surface area (Å²) in [6.07, 6.45) is 0. The number of fused-ring (bicyclic) bond motifs is 1. The summed E-state index contributed by atoms with van der Waals surface area (Å²) in [4.78, 5) is 14.5. The van der Waals surface area contributed by atoms with Crippen molar-refractivity contribution in [2.24, 2.45) is 5.84 Å². The van der Waals surface area contributed by atoms with Gasteiger partial charge in [-0.05, 0) is 18.2 Å². The fourth-order valence-electron chi connectivity index (χ4n) is 1.62. The first-order valence-corrected chi connectivity index (χ1v) is 5.93. The average Bonchev–Trinajstić information content (AvgIpc) is 2.32.